The van der Waals surface area contributed by atoms with Crippen LogP contribution in [-0.4, -0.2) is 33.7 Å². The van der Waals surface area contributed by atoms with E-state index in [1.807, 2.05) is 25.2 Å². The van der Waals surface area contributed by atoms with Crippen LogP contribution in [0.2, 0.25) is 0 Å². The molecule has 0 aromatic carbocycles. The first-order valence-electron chi connectivity index (χ1n) is 5.84. The summed E-state index contributed by atoms with van der Waals surface area (Å²) in [5.41, 5.74) is 2.56. The molecule has 3 heterocycles. The van der Waals surface area contributed by atoms with Crippen LogP contribution in [0.3, 0.4) is 0 Å². The summed E-state index contributed by atoms with van der Waals surface area (Å²) in [6.07, 6.45) is 5.18. The Hall–Kier alpha value is -2.63. The van der Waals surface area contributed by atoms with E-state index < -0.39 is 0 Å². The van der Waals surface area contributed by atoms with Gasteiger partial charge in [0.2, 0.25) is 0 Å². The summed E-state index contributed by atoms with van der Waals surface area (Å²) >= 11 is 0. The van der Waals surface area contributed by atoms with Crippen molar-refractivity contribution in [1.29, 1.82) is 0 Å². The molecule has 0 atom stereocenters. The summed E-state index contributed by atoms with van der Waals surface area (Å²) in [5, 5.41) is 7.49. The zero-order valence-electron chi connectivity index (χ0n) is 10.7. The van der Waals surface area contributed by atoms with E-state index in [0.717, 1.165) is 22.7 Å². The molecule has 6 heteroatoms. The van der Waals surface area contributed by atoms with Crippen molar-refractivity contribution in [3.05, 3.63) is 36.8 Å². The van der Waals surface area contributed by atoms with Crippen LogP contribution < -0.4 is 10.1 Å². The van der Waals surface area contributed by atoms with Crippen molar-refractivity contribution in [2.45, 2.75) is 0 Å². The summed E-state index contributed by atoms with van der Waals surface area (Å²) in [6, 6.07) is 5.68. The molecule has 0 unspecified atom stereocenters. The molecule has 1 N–H and O–H groups in total. The number of nitrogens with zero attached hydrogens (tertiary/aromatic N) is 4. The van der Waals surface area contributed by atoms with E-state index in [1.54, 1.807) is 30.2 Å². The standard InChI is InChI=1S/C13H13N5O/c1-14-12-3-4-13-16-7-10(18(13)17-12)9-5-6-15-8-11(9)19-2/h3-8H,1-2H3,(H,14,17). The van der Waals surface area contributed by atoms with Crippen molar-refractivity contribution in [2.75, 3.05) is 19.5 Å². The Morgan fingerprint density at radius 1 is 1.21 bits per heavy atom. The van der Waals surface area contributed by atoms with Crippen LogP contribution >= 0.6 is 0 Å². The predicted molar refractivity (Wildman–Crippen MR) is 72.3 cm³/mol. The molecular weight excluding hydrogens is 242 g/mol. The van der Waals surface area contributed by atoms with Crippen molar-refractivity contribution < 1.29 is 4.74 Å². The second-order valence-electron chi connectivity index (χ2n) is 3.96. The highest BCUT2D eigenvalue weighted by Gasteiger charge is 2.12. The van der Waals surface area contributed by atoms with Gasteiger partial charge in [0.1, 0.15) is 11.6 Å². The monoisotopic (exact) mass is 255 g/mol. The van der Waals surface area contributed by atoms with Crippen molar-refractivity contribution >= 4 is 11.5 Å². The van der Waals surface area contributed by atoms with Crippen molar-refractivity contribution in [1.82, 2.24) is 19.6 Å². The van der Waals surface area contributed by atoms with Gasteiger partial charge >= 0.3 is 0 Å². The summed E-state index contributed by atoms with van der Waals surface area (Å²) in [7, 11) is 3.45. The Bertz CT molecular complexity index is 722. The zero-order valence-corrected chi connectivity index (χ0v) is 10.7. The molecule has 0 spiro atoms. The number of imidazole rings is 1. The number of ether oxygens (including phenoxy) is 1. The van der Waals surface area contributed by atoms with Crippen LogP contribution in [0.15, 0.2) is 36.8 Å². The molecule has 0 saturated heterocycles. The first-order valence-corrected chi connectivity index (χ1v) is 5.84. The first-order chi connectivity index (χ1) is 9.33. The van der Waals surface area contributed by atoms with Gasteiger partial charge in [-0.1, -0.05) is 0 Å². The number of fused-ring (bicyclic) bond motifs is 1. The fourth-order valence-corrected chi connectivity index (χ4v) is 1.94. The molecule has 0 saturated carbocycles. The van der Waals surface area contributed by atoms with Gasteiger partial charge in [0.15, 0.2) is 5.65 Å². The number of aromatic nitrogens is 4. The molecule has 0 aliphatic carbocycles. The highest BCUT2D eigenvalue weighted by atomic mass is 16.5. The van der Waals surface area contributed by atoms with Crippen molar-refractivity contribution in [3.63, 3.8) is 0 Å². The first kappa shape index (κ1) is 11.5. The second kappa shape index (κ2) is 4.56. The minimum atomic E-state index is 0.695. The number of pyridine rings is 1. The highest BCUT2D eigenvalue weighted by Crippen LogP contribution is 2.28. The lowest BCUT2D eigenvalue weighted by atomic mass is 10.2. The van der Waals surface area contributed by atoms with Crippen molar-refractivity contribution in [3.8, 4) is 17.0 Å². The number of nitrogens with one attached hydrogen (secondary N) is 1. The summed E-state index contributed by atoms with van der Waals surface area (Å²) in [5.74, 6) is 1.47. The van der Waals surface area contributed by atoms with Gasteiger partial charge in [-0.2, -0.15) is 0 Å². The lowest BCUT2D eigenvalue weighted by Crippen LogP contribution is -2.00. The van der Waals surface area contributed by atoms with Gasteiger partial charge in [0, 0.05) is 18.8 Å². The fourth-order valence-electron chi connectivity index (χ4n) is 1.94. The Morgan fingerprint density at radius 2 is 2.11 bits per heavy atom. The van der Waals surface area contributed by atoms with Crippen LogP contribution in [-0.2, 0) is 0 Å². The van der Waals surface area contributed by atoms with Gasteiger partial charge in [0.05, 0.1) is 25.2 Å². The Kier molecular flexibility index (Phi) is 2.75. The predicted octanol–water partition coefficient (Wildman–Crippen LogP) is 1.84. The summed E-state index contributed by atoms with van der Waals surface area (Å²) < 4.78 is 7.11. The van der Waals surface area contributed by atoms with E-state index in [-0.39, 0.29) is 0 Å². The lowest BCUT2D eigenvalue weighted by Gasteiger charge is -2.07. The maximum absolute atomic E-state index is 5.33. The highest BCUT2D eigenvalue weighted by molar-refractivity contribution is 5.69. The molecular formula is C13H13N5O. The molecule has 19 heavy (non-hydrogen) atoms. The smallest absolute Gasteiger partial charge is 0.154 e. The normalized spacial score (nSPS) is 10.6. The van der Waals surface area contributed by atoms with E-state index in [2.05, 4.69) is 20.4 Å². The second-order valence-corrected chi connectivity index (χ2v) is 3.96. The minimum absolute atomic E-state index is 0.695. The molecule has 96 valence electrons. The van der Waals surface area contributed by atoms with E-state index in [4.69, 9.17) is 4.74 Å². The SMILES string of the molecule is CNc1ccc2ncc(-c3ccncc3OC)n2n1. The molecule has 3 aromatic rings. The third-order valence-corrected chi connectivity index (χ3v) is 2.90. The summed E-state index contributed by atoms with van der Waals surface area (Å²) in [4.78, 5) is 8.39. The van der Waals surface area contributed by atoms with Crippen LogP contribution in [0.4, 0.5) is 5.82 Å². The molecule has 0 bridgehead atoms. The molecule has 0 aliphatic rings. The number of anilines is 1. The molecule has 0 fully saturated rings. The van der Waals surface area contributed by atoms with Crippen LogP contribution in [0.5, 0.6) is 5.75 Å². The maximum atomic E-state index is 5.33. The van der Waals surface area contributed by atoms with Gasteiger partial charge < -0.3 is 10.1 Å². The maximum Gasteiger partial charge on any atom is 0.154 e. The molecule has 0 amide bonds. The van der Waals surface area contributed by atoms with Gasteiger partial charge in [0.25, 0.3) is 0 Å². The summed E-state index contributed by atoms with van der Waals surface area (Å²) in [6.45, 7) is 0. The van der Waals surface area contributed by atoms with Gasteiger partial charge in [-0.25, -0.2) is 9.50 Å². The fraction of sp³-hybridized carbons (Fsp3) is 0.154. The van der Waals surface area contributed by atoms with Gasteiger partial charge in [-0.15, -0.1) is 5.10 Å². The Morgan fingerprint density at radius 3 is 2.89 bits per heavy atom. The topological polar surface area (TPSA) is 64.3 Å². The zero-order chi connectivity index (χ0) is 13.2. The Balaban J connectivity index is 2.24. The van der Waals surface area contributed by atoms with E-state index in [0.29, 0.717) is 5.75 Å². The van der Waals surface area contributed by atoms with Crippen LogP contribution in [0.1, 0.15) is 0 Å². The Labute approximate surface area is 110 Å². The van der Waals surface area contributed by atoms with E-state index in [9.17, 15) is 0 Å². The third kappa shape index (κ3) is 1.87. The van der Waals surface area contributed by atoms with E-state index in [1.165, 1.54) is 0 Å². The number of rotatable bonds is 3. The average Bonchev–Trinajstić information content (AvgIpc) is 2.89. The molecule has 3 aromatic heterocycles. The number of hydrogen-bond acceptors (Lipinski definition) is 5. The lowest BCUT2D eigenvalue weighted by molar-refractivity contribution is 0.414. The quantitative estimate of drug-likeness (QED) is 0.773. The molecule has 0 aliphatic heterocycles. The van der Waals surface area contributed by atoms with Gasteiger partial charge in [-0.3, -0.25) is 4.98 Å². The average molecular weight is 255 g/mol. The molecule has 6 nitrogen and oxygen atoms in total. The molecule has 3 rings (SSSR count). The van der Waals surface area contributed by atoms with Gasteiger partial charge in [-0.05, 0) is 18.2 Å². The number of methoxy groups -OCH3 is 1. The van der Waals surface area contributed by atoms with Crippen molar-refractivity contribution in [2.24, 2.45) is 0 Å². The minimum Gasteiger partial charge on any atom is -0.494 e. The van der Waals surface area contributed by atoms with Crippen LogP contribution in [0, 0.1) is 0 Å². The van der Waals surface area contributed by atoms with E-state index >= 15 is 0 Å². The molecule has 0 radical (unpaired) electrons. The number of hydrogen-bond donors (Lipinski definition) is 1. The third-order valence-electron chi connectivity index (χ3n) is 2.90. The van der Waals surface area contributed by atoms with Crippen LogP contribution in [0.25, 0.3) is 16.9 Å². The largest absolute Gasteiger partial charge is 0.494 e.